The molecule has 0 unspecified atom stereocenters. The van der Waals surface area contributed by atoms with Gasteiger partial charge in [0, 0.05) is 5.56 Å². The molecule has 0 spiro atoms. The summed E-state index contributed by atoms with van der Waals surface area (Å²) < 4.78 is 45.4. The highest BCUT2D eigenvalue weighted by Crippen LogP contribution is 2.30. The summed E-state index contributed by atoms with van der Waals surface area (Å²) >= 11 is 0. The number of benzene rings is 1. The number of aromatic carboxylic acids is 1. The smallest absolute Gasteiger partial charge is 0.478 e. The topological polar surface area (TPSA) is 59.7 Å². The van der Waals surface area contributed by atoms with Crippen molar-refractivity contribution in [2.24, 2.45) is 0 Å². The zero-order valence-corrected chi connectivity index (χ0v) is 10.2. The van der Waals surface area contributed by atoms with Gasteiger partial charge in [-0.2, -0.15) is 0 Å². The average Bonchev–Trinajstić information content (AvgIpc) is 2.69. The molecular weight excluding hydrogens is 277 g/mol. The van der Waals surface area contributed by atoms with E-state index >= 15 is 0 Å². The fraction of sp³-hybridized carbons (Fsp3) is 0.154. The Balaban J connectivity index is 2.36. The van der Waals surface area contributed by atoms with Crippen molar-refractivity contribution in [1.29, 1.82) is 0 Å². The third-order valence-electron chi connectivity index (χ3n) is 2.50. The normalized spacial score (nSPS) is 11.4. The van der Waals surface area contributed by atoms with Crippen LogP contribution in [0, 0.1) is 6.92 Å². The van der Waals surface area contributed by atoms with Crippen LogP contribution in [0.2, 0.25) is 0 Å². The van der Waals surface area contributed by atoms with E-state index in [1.54, 1.807) is 0 Å². The summed E-state index contributed by atoms with van der Waals surface area (Å²) in [5.41, 5.74) is 0.254. The zero-order valence-electron chi connectivity index (χ0n) is 10.2. The van der Waals surface area contributed by atoms with Gasteiger partial charge in [0.25, 0.3) is 0 Å². The Hall–Kier alpha value is -2.44. The Kier molecular flexibility index (Phi) is 3.44. The molecule has 1 aromatic carbocycles. The molecule has 7 heteroatoms. The van der Waals surface area contributed by atoms with Crippen LogP contribution >= 0.6 is 0 Å². The quantitative estimate of drug-likeness (QED) is 0.931. The largest absolute Gasteiger partial charge is 0.573 e. The summed E-state index contributed by atoms with van der Waals surface area (Å²) in [7, 11) is 0. The molecule has 0 saturated carbocycles. The number of rotatable bonds is 3. The molecule has 106 valence electrons. The van der Waals surface area contributed by atoms with E-state index < -0.39 is 18.1 Å². The minimum absolute atomic E-state index is 0.0397. The van der Waals surface area contributed by atoms with Gasteiger partial charge < -0.3 is 14.3 Å². The number of carboxylic acids is 1. The van der Waals surface area contributed by atoms with Crippen LogP contribution in [0.4, 0.5) is 13.2 Å². The Bertz CT molecular complexity index is 643. The van der Waals surface area contributed by atoms with Crippen LogP contribution in [-0.4, -0.2) is 17.4 Å². The van der Waals surface area contributed by atoms with Crippen LogP contribution in [0.3, 0.4) is 0 Å². The molecule has 20 heavy (non-hydrogen) atoms. The number of furan rings is 1. The van der Waals surface area contributed by atoms with Crippen molar-refractivity contribution in [3.63, 3.8) is 0 Å². The number of aryl methyl sites for hydroxylation is 1. The summed E-state index contributed by atoms with van der Waals surface area (Å²) in [5, 5.41) is 8.90. The highest BCUT2D eigenvalue weighted by atomic mass is 19.4. The first kappa shape index (κ1) is 14.0. The highest BCUT2D eigenvalue weighted by molar-refractivity contribution is 5.90. The van der Waals surface area contributed by atoms with E-state index in [9.17, 15) is 18.0 Å². The second kappa shape index (κ2) is 4.92. The monoisotopic (exact) mass is 286 g/mol. The van der Waals surface area contributed by atoms with Crippen molar-refractivity contribution in [3.05, 3.63) is 41.7 Å². The van der Waals surface area contributed by atoms with E-state index in [0.717, 1.165) is 12.1 Å². The Morgan fingerprint density at radius 3 is 2.55 bits per heavy atom. The second-order valence-corrected chi connectivity index (χ2v) is 3.96. The number of carboxylic acid groups (broad SMARTS) is 1. The number of carbonyl (C=O) groups is 1. The molecule has 0 saturated heterocycles. The van der Waals surface area contributed by atoms with Crippen LogP contribution in [0.15, 0.2) is 34.7 Å². The number of halogens is 3. The molecule has 4 nitrogen and oxygen atoms in total. The summed E-state index contributed by atoms with van der Waals surface area (Å²) in [6, 6.07) is 6.37. The summed E-state index contributed by atoms with van der Waals surface area (Å²) in [4.78, 5) is 10.9. The Morgan fingerprint density at radius 2 is 2.00 bits per heavy atom. The molecule has 2 rings (SSSR count). The standard InChI is InChI=1S/C13H9F3O4/c1-7-10(12(17)18)6-11(19-7)8-3-2-4-9(5-8)20-13(14,15)16/h2-6H,1H3,(H,17,18). The molecule has 1 heterocycles. The van der Waals surface area contributed by atoms with Gasteiger partial charge in [-0.15, -0.1) is 13.2 Å². The maximum Gasteiger partial charge on any atom is 0.573 e. The van der Waals surface area contributed by atoms with E-state index in [0.29, 0.717) is 5.56 Å². The van der Waals surface area contributed by atoms with Crippen LogP contribution in [0.1, 0.15) is 16.1 Å². The molecule has 2 aromatic rings. The maximum absolute atomic E-state index is 12.1. The van der Waals surface area contributed by atoms with Gasteiger partial charge in [-0.05, 0) is 25.1 Å². The molecule has 0 bridgehead atoms. The number of hydrogen-bond donors (Lipinski definition) is 1. The minimum atomic E-state index is -4.79. The van der Waals surface area contributed by atoms with Gasteiger partial charge in [0.05, 0.1) is 0 Å². The molecule has 0 fully saturated rings. The zero-order chi connectivity index (χ0) is 14.9. The lowest BCUT2D eigenvalue weighted by atomic mass is 10.1. The van der Waals surface area contributed by atoms with Gasteiger partial charge in [0.2, 0.25) is 0 Å². The molecule has 1 aromatic heterocycles. The van der Waals surface area contributed by atoms with Crippen molar-refractivity contribution < 1.29 is 32.2 Å². The van der Waals surface area contributed by atoms with Crippen LogP contribution < -0.4 is 4.74 Å². The summed E-state index contributed by atoms with van der Waals surface area (Å²) in [5.74, 6) is -1.23. The molecular formula is C13H9F3O4. The number of alkyl halides is 3. The highest BCUT2D eigenvalue weighted by Gasteiger charge is 2.31. The first-order valence-corrected chi connectivity index (χ1v) is 5.46. The fourth-order valence-corrected chi connectivity index (χ4v) is 1.68. The lowest BCUT2D eigenvalue weighted by Crippen LogP contribution is -2.17. The van der Waals surface area contributed by atoms with Gasteiger partial charge in [-0.1, -0.05) is 12.1 Å². The van der Waals surface area contributed by atoms with Crippen LogP contribution in [0.25, 0.3) is 11.3 Å². The van der Waals surface area contributed by atoms with Crippen LogP contribution in [-0.2, 0) is 0 Å². The second-order valence-electron chi connectivity index (χ2n) is 3.96. The average molecular weight is 286 g/mol. The van der Waals surface area contributed by atoms with Gasteiger partial charge in [0.15, 0.2) is 0 Å². The number of ether oxygens (including phenoxy) is 1. The van der Waals surface area contributed by atoms with E-state index in [2.05, 4.69) is 4.74 Å². The van der Waals surface area contributed by atoms with Crippen molar-refractivity contribution in [1.82, 2.24) is 0 Å². The van der Waals surface area contributed by atoms with E-state index in [-0.39, 0.29) is 17.1 Å². The fourth-order valence-electron chi connectivity index (χ4n) is 1.68. The van der Waals surface area contributed by atoms with Crippen molar-refractivity contribution in [2.75, 3.05) is 0 Å². The summed E-state index contributed by atoms with van der Waals surface area (Å²) in [6.45, 7) is 1.46. The Morgan fingerprint density at radius 1 is 1.30 bits per heavy atom. The molecule has 0 atom stereocenters. The van der Waals surface area contributed by atoms with Crippen molar-refractivity contribution >= 4 is 5.97 Å². The first-order chi connectivity index (χ1) is 9.26. The maximum atomic E-state index is 12.1. The van der Waals surface area contributed by atoms with E-state index in [1.165, 1.54) is 25.1 Å². The van der Waals surface area contributed by atoms with E-state index in [1.807, 2.05) is 0 Å². The van der Waals surface area contributed by atoms with Crippen molar-refractivity contribution in [3.8, 4) is 17.1 Å². The SMILES string of the molecule is Cc1oc(-c2cccc(OC(F)(F)F)c2)cc1C(=O)O. The van der Waals surface area contributed by atoms with Gasteiger partial charge >= 0.3 is 12.3 Å². The molecule has 0 aliphatic heterocycles. The van der Waals surface area contributed by atoms with Gasteiger partial charge in [0.1, 0.15) is 22.8 Å². The molecule has 0 aliphatic rings. The molecule has 1 N–H and O–H groups in total. The first-order valence-electron chi connectivity index (χ1n) is 5.46. The third-order valence-corrected chi connectivity index (χ3v) is 2.50. The molecule has 0 radical (unpaired) electrons. The third kappa shape index (κ3) is 3.11. The lowest BCUT2D eigenvalue weighted by molar-refractivity contribution is -0.274. The lowest BCUT2D eigenvalue weighted by Gasteiger charge is -2.09. The van der Waals surface area contributed by atoms with Crippen molar-refractivity contribution in [2.45, 2.75) is 13.3 Å². The number of hydrogen-bond acceptors (Lipinski definition) is 3. The molecule has 0 amide bonds. The Labute approximate surface area is 111 Å². The van der Waals surface area contributed by atoms with Crippen LogP contribution in [0.5, 0.6) is 5.75 Å². The minimum Gasteiger partial charge on any atom is -0.478 e. The predicted molar refractivity (Wildman–Crippen MR) is 62.5 cm³/mol. The van der Waals surface area contributed by atoms with Gasteiger partial charge in [-0.25, -0.2) is 4.79 Å². The van der Waals surface area contributed by atoms with Gasteiger partial charge in [-0.3, -0.25) is 0 Å². The summed E-state index contributed by atoms with van der Waals surface area (Å²) in [6.07, 6.45) is -4.79. The molecule has 0 aliphatic carbocycles. The van der Waals surface area contributed by atoms with E-state index in [4.69, 9.17) is 9.52 Å². The predicted octanol–water partition coefficient (Wildman–Crippen LogP) is 3.85.